The van der Waals surface area contributed by atoms with Crippen molar-refractivity contribution in [3.05, 3.63) is 21.5 Å². The molecule has 0 heterocycles. The van der Waals surface area contributed by atoms with E-state index in [1.807, 2.05) is 0 Å². The summed E-state index contributed by atoms with van der Waals surface area (Å²) in [6.07, 6.45) is 46.9. The molecule has 0 spiro atoms. The van der Waals surface area contributed by atoms with Crippen molar-refractivity contribution in [2.24, 2.45) is 0 Å². The zero-order valence-electron chi connectivity index (χ0n) is 43.9. The van der Waals surface area contributed by atoms with Gasteiger partial charge >= 0.3 is 17.9 Å². The van der Waals surface area contributed by atoms with Crippen LogP contribution in [0.3, 0.4) is 0 Å². The summed E-state index contributed by atoms with van der Waals surface area (Å²) in [4.78, 5) is 38.5. The van der Waals surface area contributed by atoms with Crippen molar-refractivity contribution in [3.63, 3.8) is 0 Å². The van der Waals surface area contributed by atoms with Gasteiger partial charge in [0, 0.05) is 19.3 Å². The summed E-state index contributed by atoms with van der Waals surface area (Å²) in [7, 11) is 0. The average Bonchev–Trinajstić information content (AvgIpc) is 3.34. The zero-order valence-corrected chi connectivity index (χ0v) is 56.9. The molecule has 0 aliphatic heterocycles. The molecule has 404 valence electrons. The van der Waals surface area contributed by atoms with Crippen molar-refractivity contribution in [2.45, 2.75) is 297 Å². The van der Waals surface area contributed by atoms with Crippen LogP contribution in [-0.2, 0) is 28.6 Å². The number of allylic oxidation sites excluding steroid dienone is 6. The number of hydrogen-bond donors (Lipinski definition) is 0. The highest BCUT2D eigenvalue weighted by atomic mass is 125. The Morgan fingerprint density at radius 3 is 0.696 bits per heavy atom. The molecule has 0 rings (SSSR count). The molecule has 0 bridgehead atoms. The SMILES string of the molecule is CCCCCCCC/C([125I])=C(/[125I])CCCCCCCC(=O)OCC(COC(=O)CCCCCCC/C([125I])=C(/[125I])CCCCCCCC)OC(=O)CCCCCCC/C([125I])=C(/[125I])CCCCCCCC. The van der Waals surface area contributed by atoms with Gasteiger partial charge in [0.1, 0.15) is 13.2 Å². The fraction of sp³-hybridized carbons (Fsp3) is 0.842. The van der Waals surface area contributed by atoms with E-state index in [1.54, 1.807) is 0 Å². The lowest BCUT2D eigenvalue weighted by molar-refractivity contribution is -0.167. The standard InChI is InChI=1S/C57H98I6O6/c1-4-7-10-13-19-28-37-49(58)52(61)40-31-22-16-25-34-43-55(64)67-46-48(69-57(66)45-36-27-18-24-33-42-54(63)51(60)39-30-21-15-12-9-6-3)47-68-56(65)44-35-26-17-23-32-41-53(62)50(59)38-29-20-14-11-8-5-2/h48H,4-47H2,1-3H3/b52-49-,53-50-,54-51-/i58-2,59-2,60-2,61-2,62-2,63-2. The molecule has 12 heteroatoms. The van der Waals surface area contributed by atoms with E-state index >= 15 is 0 Å². The number of unbranched alkanes of at least 4 members (excludes halogenated alkanes) is 27. The van der Waals surface area contributed by atoms with E-state index in [2.05, 4.69) is 156 Å². The molecular formula is C57H98I6O6. The predicted molar refractivity (Wildman–Crippen MR) is 348 cm³/mol. The van der Waals surface area contributed by atoms with Crippen molar-refractivity contribution >= 4 is 153 Å². The molecule has 69 heavy (non-hydrogen) atoms. The van der Waals surface area contributed by atoms with E-state index < -0.39 is 6.10 Å². The Kier molecular flexibility index (Phi) is 55.0. The molecular weight excluding hydrogens is 1530 g/mol. The lowest BCUT2D eigenvalue weighted by atomic mass is 10.1. The van der Waals surface area contributed by atoms with Crippen LogP contribution in [0, 0.1) is 0 Å². The second-order valence-electron chi connectivity index (χ2n) is 19.3. The van der Waals surface area contributed by atoms with Gasteiger partial charge in [-0.3, -0.25) is 14.4 Å². The number of carbonyl (C=O) groups excluding carboxylic acids is 3. The van der Waals surface area contributed by atoms with Gasteiger partial charge in [-0.15, -0.1) is 0 Å². The molecule has 0 N–H and O–H groups in total. The first-order valence-corrected chi connectivity index (χ1v) is 34.5. The Hall–Kier alpha value is 2.01. The van der Waals surface area contributed by atoms with Crippen LogP contribution in [0.25, 0.3) is 0 Å². The van der Waals surface area contributed by atoms with Crippen molar-refractivity contribution in [2.75, 3.05) is 13.2 Å². The van der Waals surface area contributed by atoms with E-state index in [1.165, 1.54) is 176 Å². The van der Waals surface area contributed by atoms with Crippen LogP contribution in [0.1, 0.15) is 290 Å². The van der Waals surface area contributed by atoms with Crippen LogP contribution in [-0.4, -0.2) is 37.2 Å². The monoisotopic (exact) mass is 1630 g/mol. The first kappa shape index (κ1) is 71.0. The van der Waals surface area contributed by atoms with Crippen LogP contribution in [0.4, 0.5) is 0 Å². The summed E-state index contributed by atoms with van der Waals surface area (Å²) in [6.45, 7) is 6.63. The lowest BCUT2D eigenvalue weighted by Crippen LogP contribution is -2.30. The lowest BCUT2D eigenvalue weighted by Gasteiger charge is -2.18. The molecule has 0 fully saturated rings. The molecule has 0 aromatic carbocycles. The summed E-state index contributed by atoms with van der Waals surface area (Å²) in [6, 6.07) is 0. The Labute approximate surface area is 507 Å². The summed E-state index contributed by atoms with van der Waals surface area (Å²) < 4.78 is 26.1. The summed E-state index contributed by atoms with van der Waals surface area (Å²) in [5.74, 6) is -0.899. The fourth-order valence-electron chi connectivity index (χ4n) is 8.11. The van der Waals surface area contributed by atoms with Crippen molar-refractivity contribution < 1.29 is 28.6 Å². The van der Waals surface area contributed by atoms with Crippen molar-refractivity contribution in [3.8, 4) is 0 Å². The largest absolute Gasteiger partial charge is 0.462 e. The zero-order chi connectivity index (χ0) is 51.0. The third-order valence-corrected chi connectivity index (χ3v) is 22.9. The van der Waals surface area contributed by atoms with Gasteiger partial charge < -0.3 is 14.2 Å². The predicted octanol–water partition coefficient (Wildman–Crippen LogP) is 22.7. The number of hydrogen-bond acceptors (Lipinski definition) is 6. The normalized spacial score (nSPS) is 12.8. The van der Waals surface area contributed by atoms with Gasteiger partial charge in [0.25, 0.3) is 0 Å². The van der Waals surface area contributed by atoms with Gasteiger partial charge in [-0.1, -0.05) is 175 Å². The van der Waals surface area contributed by atoms with Crippen LogP contribution in [0.15, 0.2) is 21.5 Å². The highest BCUT2D eigenvalue weighted by Crippen LogP contribution is 2.31. The highest BCUT2D eigenvalue weighted by Gasteiger charge is 2.20. The number of rotatable bonds is 50. The highest BCUT2D eigenvalue weighted by molar-refractivity contribution is 14.1. The van der Waals surface area contributed by atoms with Crippen molar-refractivity contribution in [1.29, 1.82) is 0 Å². The van der Waals surface area contributed by atoms with Gasteiger partial charge in [0.05, 0.1) is 0 Å². The molecule has 0 atom stereocenters. The van der Waals surface area contributed by atoms with Crippen molar-refractivity contribution in [1.82, 2.24) is 0 Å². The smallest absolute Gasteiger partial charge is 0.306 e. The Morgan fingerprint density at radius 2 is 0.464 bits per heavy atom. The first-order chi connectivity index (χ1) is 33.4. The van der Waals surface area contributed by atoms with E-state index in [0.29, 0.717) is 19.3 Å². The maximum atomic E-state index is 13.0. The molecule has 0 amide bonds. The minimum absolute atomic E-state index is 0.0883. The first-order valence-electron chi connectivity index (χ1n) is 28.0. The van der Waals surface area contributed by atoms with Gasteiger partial charge in [-0.2, -0.15) is 0 Å². The van der Waals surface area contributed by atoms with E-state index in [-0.39, 0.29) is 31.1 Å². The van der Waals surface area contributed by atoms with E-state index in [9.17, 15) is 14.4 Å². The molecule has 6 nitrogen and oxygen atoms in total. The van der Waals surface area contributed by atoms with Crippen LogP contribution in [0.2, 0.25) is 0 Å². The second-order valence-corrected chi connectivity index (χ2v) is 27.1. The number of esters is 3. The molecule has 0 radical (unpaired) electrons. The van der Waals surface area contributed by atoms with Gasteiger partial charge in [0.15, 0.2) is 6.10 Å². The molecule has 0 aliphatic rings. The fourth-order valence-corrected chi connectivity index (χ4v) is 12.0. The Morgan fingerprint density at radius 1 is 0.275 bits per heavy atom. The van der Waals surface area contributed by atoms with Crippen LogP contribution < -0.4 is 0 Å². The number of halogens is 6. The second kappa shape index (κ2) is 53.4. The Balaban J connectivity index is 4.73. The van der Waals surface area contributed by atoms with Gasteiger partial charge in [-0.25, -0.2) is 0 Å². The summed E-state index contributed by atoms with van der Waals surface area (Å²) in [5, 5.41) is 0. The van der Waals surface area contributed by atoms with Gasteiger partial charge in [-0.05, 0) is 253 Å². The van der Waals surface area contributed by atoms with Gasteiger partial charge in [0.2, 0.25) is 0 Å². The molecule has 0 unspecified atom stereocenters. The van der Waals surface area contributed by atoms with E-state index in [0.717, 1.165) is 96.3 Å². The topological polar surface area (TPSA) is 78.9 Å². The average molecular weight is 1630 g/mol. The summed E-state index contributed by atoms with van der Waals surface area (Å²) in [5.41, 5.74) is 0. The third-order valence-electron chi connectivity index (χ3n) is 12.6. The van der Waals surface area contributed by atoms with Crippen LogP contribution >= 0.6 is 136 Å². The molecule has 0 aromatic rings. The number of carbonyl (C=O) groups is 3. The minimum Gasteiger partial charge on any atom is -0.462 e. The maximum absolute atomic E-state index is 13.0. The number of ether oxygens (including phenoxy) is 3. The molecule has 0 saturated heterocycles. The minimum atomic E-state index is -0.795. The van der Waals surface area contributed by atoms with Crippen LogP contribution in [0.5, 0.6) is 0 Å². The third kappa shape index (κ3) is 48.1. The van der Waals surface area contributed by atoms with E-state index in [4.69, 9.17) is 14.2 Å². The molecule has 0 aliphatic carbocycles. The maximum Gasteiger partial charge on any atom is 0.306 e. The molecule has 0 saturated carbocycles. The Bertz CT molecular complexity index is 1300. The quantitative estimate of drug-likeness (QED) is 0.0261. The summed E-state index contributed by atoms with van der Waals surface area (Å²) >= 11 is 15.3. The molecule has 0 aromatic heterocycles.